The summed E-state index contributed by atoms with van der Waals surface area (Å²) in [6.07, 6.45) is 0. The van der Waals surface area contributed by atoms with E-state index in [9.17, 15) is 10.1 Å². The number of tetrazole rings is 1. The Labute approximate surface area is 104 Å². The predicted octanol–water partition coefficient (Wildman–Crippen LogP) is 0.256. The van der Waals surface area contributed by atoms with Gasteiger partial charge in [0.15, 0.2) is 11.3 Å². The van der Waals surface area contributed by atoms with Gasteiger partial charge in [0.1, 0.15) is 0 Å². The van der Waals surface area contributed by atoms with Crippen molar-refractivity contribution in [2.75, 3.05) is 5.32 Å². The van der Waals surface area contributed by atoms with Crippen molar-refractivity contribution in [1.82, 2.24) is 30.9 Å². The zero-order valence-corrected chi connectivity index (χ0v) is 9.27. The van der Waals surface area contributed by atoms with E-state index >= 15 is 0 Å². The average molecular weight is 262 g/mol. The van der Waals surface area contributed by atoms with E-state index < -0.39 is 4.92 Å². The number of non-ortho nitro benzene ring substituents is 1. The highest BCUT2D eigenvalue weighted by molar-refractivity contribution is 5.93. The molecule has 2 aromatic heterocycles. The van der Waals surface area contributed by atoms with Crippen LogP contribution >= 0.6 is 0 Å². The highest BCUT2D eigenvalue weighted by atomic mass is 16.6. The van der Waals surface area contributed by atoms with Gasteiger partial charge in [-0.3, -0.25) is 10.1 Å². The monoisotopic (exact) mass is 262 g/mol. The highest BCUT2D eigenvalue weighted by Gasteiger charge is 2.19. The van der Waals surface area contributed by atoms with Crippen molar-refractivity contribution in [2.45, 2.75) is 6.54 Å². The lowest BCUT2D eigenvalue weighted by molar-refractivity contribution is -0.383. The molecule has 0 aliphatic carbocycles. The molecule has 11 heteroatoms. The average Bonchev–Trinajstić information content (AvgIpc) is 3.06. The van der Waals surface area contributed by atoms with Crippen LogP contribution in [0.25, 0.3) is 11.0 Å². The quantitative estimate of drug-likeness (QED) is 0.498. The smallest absolute Gasteiger partial charge is 0.300 e. The van der Waals surface area contributed by atoms with Gasteiger partial charge in [-0.25, -0.2) is 4.63 Å². The van der Waals surface area contributed by atoms with Crippen LogP contribution in [0.4, 0.5) is 11.4 Å². The topological polar surface area (TPSA) is 149 Å². The van der Waals surface area contributed by atoms with Crippen molar-refractivity contribution >= 4 is 22.4 Å². The van der Waals surface area contributed by atoms with Gasteiger partial charge in [0.05, 0.1) is 17.2 Å². The first-order valence-electron chi connectivity index (χ1n) is 5.11. The zero-order valence-electron chi connectivity index (χ0n) is 9.27. The van der Waals surface area contributed by atoms with E-state index in [0.29, 0.717) is 11.5 Å². The summed E-state index contributed by atoms with van der Waals surface area (Å²) in [7, 11) is 0. The fraction of sp³-hybridized carbons (Fsp3) is 0.125. The van der Waals surface area contributed by atoms with E-state index in [1.54, 1.807) is 0 Å². The molecule has 0 aliphatic heterocycles. The molecule has 0 unspecified atom stereocenters. The van der Waals surface area contributed by atoms with Gasteiger partial charge in [-0.15, -0.1) is 10.2 Å². The summed E-state index contributed by atoms with van der Waals surface area (Å²) < 4.78 is 4.54. The van der Waals surface area contributed by atoms with Gasteiger partial charge < -0.3 is 5.32 Å². The van der Waals surface area contributed by atoms with Crippen molar-refractivity contribution < 1.29 is 9.55 Å². The Morgan fingerprint density at radius 2 is 2.21 bits per heavy atom. The van der Waals surface area contributed by atoms with E-state index in [1.165, 1.54) is 12.1 Å². The fourth-order valence-electron chi connectivity index (χ4n) is 1.58. The summed E-state index contributed by atoms with van der Waals surface area (Å²) in [6, 6.07) is 2.84. The number of H-pyrrole nitrogens is 1. The standard InChI is InChI=1S/C8H6N8O3/c17-16(18)5-2-1-4(7-8(5)13-19-12-7)9-3-6-10-14-15-11-6/h1-2,9H,3H2,(H,10,11,14,15). The molecular weight excluding hydrogens is 256 g/mol. The Morgan fingerprint density at radius 1 is 1.37 bits per heavy atom. The number of nitrogens with zero attached hydrogens (tertiary/aromatic N) is 6. The number of hydrogen-bond donors (Lipinski definition) is 2. The molecule has 0 radical (unpaired) electrons. The van der Waals surface area contributed by atoms with Crippen LogP contribution in [-0.4, -0.2) is 35.9 Å². The summed E-state index contributed by atoms with van der Waals surface area (Å²) >= 11 is 0. The van der Waals surface area contributed by atoms with Crippen LogP contribution in [-0.2, 0) is 6.54 Å². The van der Waals surface area contributed by atoms with Crippen LogP contribution in [0.2, 0.25) is 0 Å². The first-order chi connectivity index (χ1) is 9.25. The van der Waals surface area contributed by atoms with Crippen LogP contribution in [0.15, 0.2) is 16.8 Å². The molecule has 0 spiro atoms. The lowest BCUT2D eigenvalue weighted by atomic mass is 10.2. The molecule has 0 amide bonds. The number of aromatic nitrogens is 6. The summed E-state index contributed by atoms with van der Waals surface area (Å²) in [6.45, 7) is 0.288. The number of fused-ring (bicyclic) bond motifs is 1. The summed E-state index contributed by atoms with van der Waals surface area (Å²) in [5.41, 5.74) is 0.730. The van der Waals surface area contributed by atoms with E-state index in [-0.39, 0.29) is 23.3 Å². The van der Waals surface area contributed by atoms with Crippen molar-refractivity contribution in [1.29, 1.82) is 0 Å². The number of hydrogen-bond acceptors (Lipinski definition) is 9. The third kappa shape index (κ3) is 1.92. The normalized spacial score (nSPS) is 10.7. The van der Waals surface area contributed by atoms with E-state index in [4.69, 9.17) is 0 Å². The van der Waals surface area contributed by atoms with Crippen LogP contribution in [0.1, 0.15) is 5.82 Å². The Bertz CT molecular complexity index is 721. The van der Waals surface area contributed by atoms with Gasteiger partial charge in [0.2, 0.25) is 5.52 Å². The maximum atomic E-state index is 10.8. The minimum absolute atomic E-state index is 0.0862. The first-order valence-corrected chi connectivity index (χ1v) is 5.11. The molecule has 0 bridgehead atoms. The van der Waals surface area contributed by atoms with Gasteiger partial charge >= 0.3 is 5.69 Å². The maximum Gasteiger partial charge on any atom is 0.300 e. The number of nitro benzene ring substituents is 1. The molecular formula is C8H6N8O3. The Morgan fingerprint density at radius 3 is 2.95 bits per heavy atom. The number of nitro groups is 1. The molecule has 0 atom stereocenters. The summed E-state index contributed by atoms with van der Waals surface area (Å²) in [5, 5.41) is 34.2. The fourth-order valence-corrected chi connectivity index (χ4v) is 1.58. The lowest BCUT2D eigenvalue weighted by Gasteiger charge is -2.02. The molecule has 1 aromatic carbocycles. The second-order valence-electron chi connectivity index (χ2n) is 3.53. The molecule has 11 nitrogen and oxygen atoms in total. The number of benzene rings is 1. The van der Waals surface area contributed by atoms with Gasteiger partial charge in [0.25, 0.3) is 0 Å². The van der Waals surface area contributed by atoms with Gasteiger partial charge in [-0.1, -0.05) is 5.21 Å². The van der Waals surface area contributed by atoms with E-state index in [2.05, 4.69) is 40.9 Å². The lowest BCUT2D eigenvalue weighted by Crippen LogP contribution is -2.02. The van der Waals surface area contributed by atoms with Crippen molar-refractivity contribution in [2.24, 2.45) is 0 Å². The Kier molecular flexibility index (Phi) is 2.48. The SMILES string of the molecule is O=[N+]([O-])c1ccc(NCc2nn[nH]n2)c2nonc12. The molecule has 0 saturated carbocycles. The Hall–Kier alpha value is -3.11. The van der Waals surface area contributed by atoms with Crippen LogP contribution in [0.3, 0.4) is 0 Å². The maximum absolute atomic E-state index is 10.8. The van der Waals surface area contributed by atoms with Crippen molar-refractivity contribution in [3.63, 3.8) is 0 Å². The zero-order chi connectivity index (χ0) is 13.2. The minimum Gasteiger partial charge on any atom is -0.376 e. The van der Waals surface area contributed by atoms with Gasteiger partial charge in [0, 0.05) is 6.07 Å². The van der Waals surface area contributed by atoms with Gasteiger partial charge in [-0.2, -0.15) is 5.21 Å². The highest BCUT2D eigenvalue weighted by Crippen LogP contribution is 2.28. The summed E-state index contributed by atoms with van der Waals surface area (Å²) in [5.74, 6) is 0.447. The molecule has 19 heavy (non-hydrogen) atoms. The molecule has 2 heterocycles. The van der Waals surface area contributed by atoms with Crippen molar-refractivity contribution in [3.8, 4) is 0 Å². The second-order valence-corrected chi connectivity index (χ2v) is 3.53. The molecule has 0 aliphatic rings. The minimum atomic E-state index is -0.546. The number of nitrogens with one attached hydrogen (secondary N) is 2. The van der Waals surface area contributed by atoms with Crippen LogP contribution in [0.5, 0.6) is 0 Å². The largest absolute Gasteiger partial charge is 0.376 e. The molecule has 0 fully saturated rings. The molecule has 0 saturated heterocycles. The van der Waals surface area contributed by atoms with E-state index in [0.717, 1.165) is 0 Å². The summed E-state index contributed by atoms with van der Waals surface area (Å²) in [4.78, 5) is 10.3. The molecule has 2 N–H and O–H groups in total. The first kappa shape index (κ1) is 11.0. The van der Waals surface area contributed by atoms with Crippen LogP contribution < -0.4 is 5.32 Å². The number of rotatable bonds is 4. The number of anilines is 1. The molecule has 3 aromatic rings. The number of aromatic amines is 1. The third-order valence-electron chi connectivity index (χ3n) is 2.42. The second kappa shape index (κ2) is 4.29. The predicted molar refractivity (Wildman–Crippen MR) is 60.0 cm³/mol. The molecule has 96 valence electrons. The van der Waals surface area contributed by atoms with Gasteiger partial charge in [-0.05, 0) is 16.4 Å². The van der Waals surface area contributed by atoms with Crippen LogP contribution in [0, 0.1) is 10.1 Å². The third-order valence-corrected chi connectivity index (χ3v) is 2.42. The van der Waals surface area contributed by atoms with Crippen molar-refractivity contribution in [3.05, 3.63) is 28.1 Å². The van der Waals surface area contributed by atoms with E-state index in [1.807, 2.05) is 0 Å². The Balaban J connectivity index is 1.94. The molecule has 3 rings (SSSR count).